The van der Waals surface area contributed by atoms with Crippen molar-refractivity contribution in [2.24, 2.45) is 4.99 Å². The van der Waals surface area contributed by atoms with Gasteiger partial charge >= 0.3 is 0 Å². The van der Waals surface area contributed by atoms with Crippen LogP contribution in [0.1, 0.15) is 26.7 Å². The van der Waals surface area contributed by atoms with E-state index in [0.717, 1.165) is 0 Å². The van der Waals surface area contributed by atoms with Gasteiger partial charge in [0.25, 0.3) is 0 Å². The van der Waals surface area contributed by atoms with Crippen molar-refractivity contribution in [3.05, 3.63) is 54.3 Å². The molecule has 2 aromatic carbocycles. The monoisotopic (exact) mass is 473 g/mol. The van der Waals surface area contributed by atoms with E-state index >= 15 is 0 Å². The third kappa shape index (κ3) is 6.79. The van der Waals surface area contributed by atoms with Crippen LogP contribution in [0, 0.1) is 5.82 Å². The molecule has 1 fully saturated rings. The molecule has 0 aliphatic carbocycles. The average Bonchev–Trinajstić information content (AvgIpc) is 3.08. The van der Waals surface area contributed by atoms with Gasteiger partial charge < -0.3 is 14.8 Å². The maximum Gasteiger partial charge on any atom is 0.242 e. The third-order valence-corrected chi connectivity index (χ3v) is 5.97. The van der Waals surface area contributed by atoms with Crippen LogP contribution in [0.5, 0.6) is 5.75 Å². The molecule has 0 aromatic heterocycles. The summed E-state index contributed by atoms with van der Waals surface area (Å²) in [5, 5.41) is 2.40. The van der Waals surface area contributed by atoms with E-state index < -0.39 is 17.0 Å². The normalized spacial score (nSPS) is 16.9. The van der Waals surface area contributed by atoms with Crippen LogP contribution in [-0.2, 0) is 14.3 Å². The van der Waals surface area contributed by atoms with Crippen molar-refractivity contribution in [3.63, 3.8) is 0 Å². The molecule has 33 heavy (non-hydrogen) atoms. The SMILES string of the molecule is CCOCCCN1C(=O)C(CC(=O)Nc2ccccc2F)SC1=Nc1ccccc1OCC. The smallest absolute Gasteiger partial charge is 0.242 e. The van der Waals surface area contributed by atoms with Gasteiger partial charge in [0.15, 0.2) is 5.17 Å². The largest absolute Gasteiger partial charge is 0.492 e. The Morgan fingerprint density at radius 3 is 2.67 bits per heavy atom. The molecule has 176 valence electrons. The molecule has 1 saturated heterocycles. The second-order valence-electron chi connectivity index (χ2n) is 7.17. The van der Waals surface area contributed by atoms with Gasteiger partial charge in [-0.2, -0.15) is 0 Å². The standard InChI is InChI=1S/C24H28FN3O4S/c1-3-31-15-9-14-28-23(30)21(16-22(29)26-18-11-6-5-10-17(18)25)33-24(28)27-19-12-7-8-13-20(19)32-4-2/h5-8,10-13,21H,3-4,9,14-16H2,1-2H3,(H,26,29). The highest BCUT2D eigenvalue weighted by molar-refractivity contribution is 8.15. The minimum atomic E-state index is -0.651. The molecule has 0 spiro atoms. The zero-order chi connectivity index (χ0) is 23.6. The highest BCUT2D eigenvalue weighted by Gasteiger charge is 2.39. The topological polar surface area (TPSA) is 80.2 Å². The summed E-state index contributed by atoms with van der Waals surface area (Å²) in [5.74, 6) is -0.539. The Hall–Kier alpha value is -2.91. The first-order valence-corrected chi connectivity index (χ1v) is 11.8. The minimum Gasteiger partial charge on any atom is -0.492 e. The van der Waals surface area contributed by atoms with Crippen LogP contribution in [0.2, 0.25) is 0 Å². The Labute approximate surface area is 197 Å². The number of hydrogen-bond acceptors (Lipinski definition) is 6. The fourth-order valence-corrected chi connectivity index (χ4v) is 4.44. The molecule has 0 bridgehead atoms. The fourth-order valence-electron chi connectivity index (χ4n) is 3.26. The molecular weight excluding hydrogens is 445 g/mol. The molecule has 1 N–H and O–H groups in total. The molecule has 1 aliphatic heterocycles. The summed E-state index contributed by atoms with van der Waals surface area (Å²) in [4.78, 5) is 31.9. The van der Waals surface area contributed by atoms with E-state index in [2.05, 4.69) is 5.32 Å². The summed E-state index contributed by atoms with van der Waals surface area (Å²) >= 11 is 1.23. The lowest BCUT2D eigenvalue weighted by Gasteiger charge is -2.17. The first-order chi connectivity index (χ1) is 16.0. The van der Waals surface area contributed by atoms with Crippen molar-refractivity contribution in [1.82, 2.24) is 4.90 Å². The lowest BCUT2D eigenvalue weighted by molar-refractivity contribution is -0.128. The highest BCUT2D eigenvalue weighted by Crippen LogP contribution is 2.35. The molecule has 1 unspecified atom stereocenters. The number of ether oxygens (including phenoxy) is 2. The predicted molar refractivity (Wildman–Crippen MR) is 129 cm³/mol. The number of nitrogens with one attached hydrogen (secondary N) is 1. The van der Waals surface area contributed by atoms with E-state index in [-0.39, 0.29) is 18.0 Å². The number of carbonyl (C=O) groups is 2. The number of anilines is 1. The van der Waals surface area contributed by atoms with Gasteiger partial charge in [0.2, 0.25) is 11.8 Å². The van der Waals surface area contributed by atoms with Crippen LogP contribution in [0.25, 0.3) is 0 Å². The van der Waals surface area contributed by atoms with E-state index in [1.807, 2.05) is 38.1 Å². The van der Waals surface area contributed by atoms with Crippen LogP contribution in [0.3, 0.4) is 0 Å². The van der Waals surface area contributed by atoms with E-state index in [0.29, 0.717) is 49.4 Å². The Morgan fingerprint density at radius 1 is 1.15 bits per heavy atom. The van der Waals surface area contributed by atoms with E-state index in [1.54, 1.807) is 17.0 Å². The number of para-hydroxylation sites is 3. The van der Waals surface area contributed by atoms with Crippen molar-refractivity contribution in [2.45, 2.75) is 31.9 Å². The van der Waals surface area contributed by atoms with Crippen LogP contribution in [0.15, 0.2) is 53.5 Å². The molecule has 0 saturated carbocycles. The summed E-state index contributed by atoms with van der Waals surface area (Å²) in [6, 6.07) is 13.3. The molecule has 0 radical (unpaired) electrons. The van der Waals surface area contributed by atoms with Crippen LogP contribution in [0.4, 0.5) is 15.8 Å². The second kappa shape index (κ2) is 12.4. The third-order valence-electron chi connectivity index (χ3n) is 4.79. The number of benzene rings is 2. The Bertz CT molecular complexity index is 1000. The second-order valence-corrected chi connectivity index (χ2v) is 8.34. The quantitative estimate of drug-likeness (QED) is 0.482. The van der Waals surface area contributed by atoms with Crippen molar-refractivity contribution in [2.75, 3.05) is 31.7 Å². The lowest BCUT2D eigenvalue weighted by Crippen LogP contribution is -2.34. The number of halogens is 1. The van der Waals surface area contributed by atoms with Crippen LogP contribution < -0.4 is 10.1 Å². The van der Waals surface area contributed by atoms with Gasteiger partial charge in [-0.05, 0) is 44.5 Å². The van der Waals surface area contributed by atoms with Crippen LogP contribution >= 0.6 is 11.8 Å². The van der Waals surface area contributed by atoms with Gasteiger partial charge in [-0.1, -0.05) is 36.0 Å². The molecule has 1 atom stereocenters. The van der Waals surface area contributed by atoms with Crippen molar-refractivity contribution in [3.8, 4) is 5.75 Å². The number of amidine groups is 1. The molecule has 1 aliphatic rings. The zero-order valence-corrected chi connectivity index (χ0v) is 19.6. The first-order valence-electron chi connectivity index (χ1n) is 10.9. The van der Waals surface area contributed by atoms with Gasteiger partial charge in [-0.25, -0.2) is 9.38 Å². The lowest BCUT2D eigenvalue weighted by atomic mass is 10.2. The molecule has 3 rings (SSSR count). The van der Waals surface area contributed by atoms with Gasteiger partial charge in [-0.15, -0.1) is 0 Å². The highest BCUT2D eigenvalue weighted by atomic mass is 32.2. The molecule has 9 heteroatoms. The van der Waals surface area contributed by atoms with Gasteiger partial charge in [-0.3, -0.25) is 14.5 Å². The van der Waals surface area contributed by atoms with E-state index in [9.17, 15) is 14.0 Å². The summed E-state index contributed by atoms with van der Waals surface area (Å²) in [6.45, 7) is 5.84. The number of aliphatic imine (C=N–C) groups is 1. The van der Waals surface area contributed by atoms with Crippen LogP contribution in [-0.4, -0.2) is 53.5 Å². The van der Waals surface area contributed by atoms with Crippen molar-refractivity contribution in [1.29, 1.82) is 0 Å². The number of nitrogens with zero attached hydrogens (tertiary/aromatic N) is 2. The molecule has 2 amide bonds. The maximum atomic E-state index is 13.9. The van der Waals surface area contributed by atoms with Crippen molar-refractivity contribution >= 4 is 40.1 Å². The summed E-state index contributed by atoms with van der Waals surface area (Å²) in [7, 11) is 0. The Kier molecular flexibility index (Phi) is 9.26. The maximum absolute atomic E-state index is 13.9. The number of carbonyl (C=O) groups excluding carboxylic acids is 2. The number of rotatable bonds is 11. The number of amides is 2. The molecule has 1 heterocycles. The Balaban J connectivity index is 1.77. The number of hydrogen-bond donors (Lipinski definition) is 1. The van der Waals surface area contributed by atoms with Gasteiger partial charge in [0.1, 0.15) is 22.5 Å². The minimum absolute atomic E-state index is 0.0889. The van der Waals surface area contributed by atoms with Gasteiger partial charge in [0.05, 0.1) is 12.3 Å². The Morgan fingerprint density at radius 2 is 1.91 bits per heavy atom. The summed E-state index contributed by atoms with van der Waals surface area (Å²) < 4.78 is 24.9. The molecule has 7 nitrogen and oxygen atoms in total. The van der Waals surface area contributed by atoms with Gasteiger partial charge in [0, 0.05) is 26.2 Å². The number of thioether (sulfide) groups is 1. The molecular formula is C24H28FN3O4S. The summed E-state index contributed by atoms with van der Waals surface area (Å²) in [6.07, 6.45) is 0.548. The van der Waals surface area contributed by atoms with E-state index in [1.165, 1.54) is 23.9 Å². The zero-order valence-electron chi connectivity index (χ0n) is 18.8. The van der Waals surface area contributed by atoms with Crippen molar-refractivity contribution < 1.29 is 23.5 Å². The molecule has 2 aromatic rings. The summed E-state index contributed by atoms with van der Waals surface area (Å²) in [5.41, 5.74) is 0.701. The van der Waals surface area contributed by atoms with E-state index in [4.69, 9.17) is 14.5 Å². The first kappa shape index (κ1) is 24.7. The fraction of sp³-hybridized carbons (Fsp3) is 0.375. The average molecular weight is 474 g/mol. The predicted octanol–water partition coefficient (Wildman–Crippen LogP) is 4.61.